The highest BCUT2D eigenvalue weighted by atomic mass is 19.1. The van der Waals surface area contributed by atoms with E-state index < -0.39 is 0 Å². The van der Waals surface area contributed by atoms with Gasteiger partial charge in [-0.2, -0.15) is 0 Å². The number of aromatic nitrogens is 3. The number of nitrogens with zero attached hydrogens (tertiary/aromatic N) is 4. The highest BCUT2D eigenvalue weighted by molar-refractivity contribution is 5.94. The number of hydrogen-bond acceptors (Lipinski definition) is 4. The zero-order valence-electron chi connectivity index (χ0n) is 17.3. The molecule has 1 fully saturated rings. The van der Waals surface area contributed by atoms with Gasteiger partial charge in [0, 0.05) is 24.2 Å². The predicted octanol–water partition coefficient (Wildman–Crippen LogP) is 4.96. The molecule has 7 heteroatoms. The first-order valence-electron chi connectivity index (χ1n) is 10.5. The molecule has 1 atom stereocenters. The average molecular weight is 428 g/mol. The number of carbonyl (C=O) groups excluding carboxylic acids is 1. The molecule has 2 heterocycles. The molecule has 0 aliphatic carbocycles. The Morgan fingerprint density at radius 1 is 0.969 bits per heavy atom. The van der Waals surface area contributed by atoms with Crippen LogP contribution in [0.25, 0.3) is 11.3 Å². The van der Waals surface area contributed by atoms with Gasteiger partial charge in [0.2, 0.25) is 0 Å². The van der Waals surface area contributed by atoms with Gasteiger partial charge in [0.15, 0.2) is 0 Å². The van der Waals surface area contributed by atoms with Gasteiger partial charge in [-0.3, -0.25) is 4.79 Å². The van der Waals surface area contributed by atoms with Crippen LogP contribution in [-0.2, 0) is 0 Å². The van der Waals surface area contributed by atoms with Crippen molar-refractivity contribution in [1.29, 1.82) is 0 Å². The van der Waals surface area contributed by atoms with Crippen LogP contribution in [0.4, 0.5) is 4.39 Å². The summed E-state index contributed by atoms with van der Waals surface area (Å²) in [5.41, 5.74) is 2.39. The molecule has 4 aromatic rings. The molecule has 0 unspecified atom stereocenters. The van der Waals surface area contributed by atoms with Crippen LogP contribution >= 0.6 is 0 Å². The van der Waals surface area contributed by atoms with Crippen LogP contribution in [0.15, 0.2) is 85.1 Å². The number of likely N-dealkylation sites (tertiary alicyclic amines) is 1. The van der Waals surface area contributed by atoms with E-state index in [4.69, 9.17) is 4.74 Å². The monoisotopic (exact) mass is 428 g/mol. The van der Waals surface area contributed by atoms with Gasteiger partial charge in [0.05, 0.1) is 12.2 Å². The van der Waals surface area contributed by atoms with Crippen LogP contribution in [-0.4, -0.2) is 38.9 Å². The molecule has 32 heavy (non-hydrogen) atoms. The number of halogens is 1. The zero-order valence-corrected chi connectivity index (χ0v) is 17.3. The molecule has 160 valence electrons. The summed E-state index contributed by atoms with van der Waals surface area (Å²) in [6.07, 6.45) is 2.75. The lowest BCUT2D eigenvalue weighted by atomic mass is 10.2. The minimum absolute atomic E-state index is 0.0551. The molecule has 5 rings (SSSR count). The first kappa shape index (κ1) is 19.9. The van der Waals surface area contributed by atoms with Crippen LogP contribution in [0.3, 0.4) is 0 Å². The molecule has 0 spiro atoms. The van der Waals surface area contributed by atoms with Crippen molar-refractivity contribution in [2.45, 2.75) is 12.5 Å². The quantitative estimate of drug-likeness (QED) is 0.451. The van der Waals surface area contributed by atoms with Crippen molar-refractivity contribution in [3.05, 3.63) is 96.4 Å². The smallest absolute Gasteiger partial charge is 0.254 e. The molecule has 0 bridgehead atoms. The van der Waals surface area contributed by atoms with Crippen molar-refractivity contribution >= 4 is 5.91 Å². The fourth-order valence-corrected chi connectivity index (χ4v) is 3.85. The number of carbonyl (C=O) groups is 1. The highest BCUT2D eigenvalue weighted by Crippen LogP contribution is 2.27. The summed E-state index contributed by atoms with van der Waals surface area (Å²) in [5.74, 6) is 0.660. The van der Waals surface area contributed by atoms with Crippen LogP contribution in [0.5, 0.6) is 11.5 Å². The van der Waals surface area contributed by atoms with Crippen molar-refractivity contribution in [3.8, 4) is 22.8 Å². The third kappa shape index (κ3) is 4.23. The third-order valence-electron chi connectivity index (χ3n) is 5.53. The van der Waals surface area contributed by atoms with Crippen LogP contribution < -0.4 is 4.74 Å². The zero-order chi connectivity index (χ0) is 21.9. The van der Waals surface area contributed by atoms with Gasteiger partial charge >= 0.3 is 0 Å². The Labute approximate surface area is 184 Å². The molecule has 3 aromatic carbocycles. The summed E-state index contributed by atoms with van der Waals surface area (Å²) in [7, 11) is 0. The van der Waals surface area contributed by atoms with Crippen molar-refractivity contribution < 1.29 is 13.9 Å². The van der Waals surface area contributed by atoms with Gasteiger partial charge in [0.1, 0.15) is 23.0 Å². The molecular weight excluding hydrogens is 407 g/mol. The number of rotatable bonds is 5. The summed E-state index contributed by atoms with van der Waals surface area (Å²) in [4.78, 5) is 14.9. The van der Waals surface area contributed by atoms with E-state index in [0.29, 0.717) is 30.2 Å². The van der Waals surface area contributed by atoms with E-state index in [2.05, 4.69) is 10.3 Å². The second-order valence-electron chi connectivity index (χ2n) is 7.73. The van der Waals surface area contributed by atoms with Gasteiger partial charge in [0.25, 0.3) is 5.91 Å². The first-order chi connectivity index (χ1) is 15.7. The van der Waals surface area contributed by atoms with Crippen LogP contribution in [0.1, 0.15) is 22.8 Å². The standard InChI is InChI=1S/C25H21FN4O2/c26-20-9-11-22(12-10-20)32-23-8-4-7-19(15-23)25(31)29-14-13-21(16-29)30-17-24(27-28-30)18-5-2-1-3-6-18/h1-12,15,17,21H,13-14,16H2/t21-/m0/s1. The Balaban J connectivity index is 1.26. The van der Waals surface area contributed by atoms with E-state index in [1.807, 2.05) is 46.1 Å². The molecule has 1 amide bonds. The van der Waals surface area contributed by atoms with E-state index in [-0.39, 0.29) is 17.8 Å². The molecule has 1 aliphatic rings. The van der Waals surface area contributed by atoms with Crippen LogP contribution in [0, 0.1) is 5.82 Å². The molecule has 6 nitrogen and oxygen atoms in total. The Bertz CT molecular complexity index is 1220. The van der Waals surface area contributed by atoms with Gasteiger partial charge < -0.3 is 9.64 Å². The molecular formula is C25H21FN4O2. The largest absolute Gasteiger partial charge is 0.457 e. The maximum Gasteiger partial charge on any atom is 0.254 e. The lowest BCUT2D eigenvalue weighted by Crippen LogP contribution is -2.29. The maximum absolute atomic E-state index is 13.1. The fourth-order valence-electron chi connectivity index (χ4n) is 3.85. The minimum atomic E-state index is -0.326. The number of hydrogen-bond donors (Lipinski definition) is 0. The van der Waals surface area contributed by atoms with Crippen LogP contribution in [0.2, 0.25) is 0 Å². The van der Waals surface area contributed by atoms with Gasteiger partial charge in [-0.05, 0) is 48.9 Å². The van der Waals surface area contributed by atoms with E-state index >= 15 is 0 Å². The lowest BCUT2D eigenvalue weighted by molar-refractivity contribution is 0.0786. The Kier molecular flexibility index (Phi) is 5.37. The normalized spacial score (nSPS) is 15.7. The van der Waals surface area contributed by atoms with E-state index in [0.717, 1.165) is 17.7 Å². The minimum Gasteiger partial charge on any atom is -0.457 e. The molecule has 1 saturated heterocycles. The van der Waals surface area contributed by atoms with Crippen molar-refractivity contribution in [1.82, 2.24) is 19.9 Å². The van der Waals surface area contributed by atoms with E-state index in [1.54, 1.807) is 36.4 Å². The summed E-state index contributed by atoms with van der Waals surface area (Å²) in [6.45, 7) is 1.21. The fraction of sp³-hybridized carbons (Fsp3) is 0.160. The summed E-state index contributed by atoms with van der Waals surface area (Å²) >= 11 is 0. The number of benzene rings is 3. The molecule has 1 aliphatic heterocycles. The van der Waals surface area contributed by atoms with Gasteiger partial charge in [-0.25, -0.2) is 9.07 Å². The Morgan fingerprint density at radius 2 is 1.78 bits per heavy atom. The summed E-state index contributed by atoms with van der Waals surface area (Å²) in [5, 5.41) is 8.58. The number of ether oxygens (including phenoxy) is 1. The average Bonchev–Trinajstić information content (AvgIpc) is 3.51. The maximum atomic E-state index is 13.1. The molecule has 0 saturated carbocycles. The SMILES string of the molecule is O=C(c1cccc(Oc2ccc(F)cc2)c1)N1CC[C@H](n2cc(-c3ccccc3)nn2)C1. The Morgan fingerprint density at radius 3 is 2.59 bits per heavy atom. The van der Waals surface area contributed by atoms with E-state index in [9.17, 15) is 9.18 Å². The summed E-state index contributed by atoms with van der Waals surface area (Å²) in [6, 6.07) is 22.8. The topological polar surface area (TPSA) is 60.2 Å². The van der Waals surface area contributed by atoms with Gasteiger partial charge in [-0.1, -0.05) is 41.6 Å². The second kappa shape index (κ2) is 8.63. The summed E-state index contributed by atoms with van der Waals surface area (Å²) < 4.78 is 20.7. The molecule has 0 N–H and O–H groups in total. The van der Waals surface area contributed by atoms with Crippen molar-refractivity contribution in [3.63, 3.8) is 0 Å². The van der Waals surface area contributed by atoms with Crippen molar-refractivity contribution in [2.24, 2.45) is 0 Å². The highest BCUT2D eigenvalue weighted by Gasteiger charge is 2.29. The third-order valence-corrected chi connectivity index (χ3v) is 5.53. The lowest BCUT2D eigenvalue weighted by Gasteiger charge is -2.17. The molecule has 1 aromatic heterocycles. The number of amides is 1. The van der Waals surface area contributed by atoms with E-state index in [1.165, 1.54) is 12.1 Å². The second-order valence-corrected chi connectivity index (χ2v) is 7.73. The van der Waals surface area contributed by atoms with Crippen molar-refractivity contribution in [2.75, 3.05) is 13.1 Å². The first-order valence-corrected chi connectivity index (χ1v) is 10.5. The Hall–Kier alpha value is -4.00. The predicted molar refractivity (Wildman–Crippen MR) is 118 cm³/mol. The molecule has 0 radical (unpaired) electrons. The van der Waals surface area contributed by atoms with Gasteiger partial charge in [-0.15, -0.1) is 5.10 Å².